The van der Waals surface area contributed by atoms with E-state index < -0.39 is 0 Å². The van der Waals surface area contributed by atoms with Crippen molar-refractivity contribution in [1.29, 1.82) is 0 Å². The Bertz CT molecular complexity index is 864. The van der Waals surface area contributed by atoms with E-state index in [4.69, 9.17) is 15.2 Å². The molecule has 6 heteroatoms. The largest absolute Gasteiger partial charge is 0.457 e. The molecule has 0 fully saturated rings. The van der Waals surface area contributed by atoms with Crippen LogP contribution in [0.3, 0.4) is 0 Å². The van der Waals surface area contributed by atoms with Gasteiger partial charge in [-0.25, -0.2) is 9.97 Å². The van der Waals surface area contributed by atoms with Gasteiger partial charge < -0.3 is 15.2 Å². The SMILES string of the molecule is COCC#Cc1cc(Oc2ccc3nc(N)sc3c2)ccn1. The van der Waals surface area contributed by atoms with Crippen LogP contribution in [0.2, 0.25) is 0 Å². The molecule has 2 heterocycles. The van der Waals surface area contributed by atoms with Crippen molar-refractivity contribution in [3.05, 3.63) is 42.2 Å². The van der Waals surface area contributed by atoms with Gasteiger partial charge in [-0.1, -0.05) is 17.3 Å². The molecule has 110 valence electrons. The Morgan fingerprint density at radius 2 is 2.09 bits per heavy atom. The molecular weight excluding hydrogens is 298 g/mol. The van der Waals surface area contributed by atoms with Gasteiger partial charge in [-0.15, -0.1) is 0 Å². The zero-order valence-electron chi connectivity index (χ0n) is 11.9. The number of hydrogen-bond donors (Lipinski definition) is 1. The zero-order valence-corrected chi connectivity index (χ0v) is 12.7. The number of rotatable bonds is 3. The molecule has 0 amide bonds. The highest BCUT2D eigenvalue weighted by atomic mass is 32.1. The number of pyridine rings is 1. The number of benzene rings is 1. The Labute approximate surface area is 131 Å². The van der Waals surface area contributed by atoms with Gasteiger partial charge in [0.1, 0.15) is 23.8 Å². The molecular formula is C16H13N3O2S. The molecule has 1 aromatic carbocycles. The fraction of sp³-hybridized carbons (Fsp3) is 0.125. The summed E-state index contributed by atoms with van der Waals surface area (Å²) in [6, 6.07) is 9.23. The van der Waals surface area contributed by atoms with Crippen LogP contribution in [-0.2, 0) is 4.74 Å². The van der Waals surface area contributed by atoms with Crippen LogP contribution in [0.4, 0.5) is 5.13 Å². The highest BCUT2D eigenvalue weighted by molar-refractivity contribution is 7.22. The number of nitrogen functional groups attached to an aromatic ring is 1. The topological polar surface area (TPSA) is 70.3 Å². The number of aromatic nitrogens is 2. The summed E-state index contributed by atoms with van der Waals surface area (Å²) in [6.45, 7) is 0.371. The molecule has 0 unspecified atom stereocenters. The van der Waals surface area contributed by atoms with Crippen molar-refractivity contribution in [1.82, 2.24) is 9.97 Å². The quantitative estimate of drug-likeness (QED) is 0.753. The predicted molar refractivity (Wildman–Crippen MR) is 87.1 cm³/mol. The Kier molecular flexibility index (Phi) is 4.19. The van der Waals surface area contributed by atoms with Crippen LogP contribution >= 0.6 is 11.3 Å². The Morgan fingerprint density at radius 3 is 2.95 bits per heavy atom. The first-order chi connectivity index (χ1) is 10.7. The Hall–Kier alpha value is -2.62. The fourth-order valence-corrected chi connectivity index (χ4v) is 2.63. The van der Waals surface area contributed by atoms with Crippen molar-refractivity contribution < 1.29 is 9.47 Å². The molecule has 5 nitrogen and oxygen atoms in total. The van der Waals surface area contributed by atoms with Crippen LogP contribution in [0.5, 0.6) is 11.5 Å². The van der Waals surface area contributed by atoms with E-state index in [1.807, 2.05) is 18.2 Å². The summed E-state index contributed by atoms with van der Waals surface area (Å²) in [5, 5.41) is 0.548. The third kappa shape index (κ3) is 3.34. The average molecular weight is 311 g/mol. The number of fused-ring (bicyclic) bond motifs is 1. The maximum Gasteiger partial charge on any atom is 0.181 e. The summed E-state index contributed by atoms with van der Waals surface area (Å²) in [7, 11) is 1.60. The number of thiazole rings is 1. The highest BCUT2D eigenvalue weighted by Crippen LogP contribution is 2.29. The first kappa shape index (κ1) is 14.3. The van der Waals surface area contributed by atoms with Crippen LogP contribution in [0, 0.1) is 11.8 Å². The second-order valence-corrected chi connectivity index (χ2v) is 5.46. The van der Waals surface area contributed by atoms with Crippen LogP contribution in [0.15, 0.2) is 36.5 Å². The van der Waals surface area contributed by atoms with Gasteiger partial charge in [0, 0.05) is 25.4 Å². The second-order valence-electron chi connectivity index (χ2n) is 4.40. The maximum absolute atomic E-state index is 5.84. The lowest BCUT2D eigenvalue weighted by molar-refractivity contribution is 0.240. The molecule has 22 heavy (non-hydrogen) atoms. The molecule has 0 spiro atoms. The Balaban J connectivity index is 1.82. The number of ether oxygens (including phenoxy) is 2. The van der Waals surface area contributed by atoms with Crippen LogP contribution in [-0.4, -0.2) is 23.7 Å². The van der Waals surface area contributed by atoms with Crippen molar-refractivity contribution in [2.45, 2.75) is 0 Å². The number of methoxy groups -OCH3 is 1. The van der Waals surface area contributed by atoms with Gasteiger partial charge in [-0.3, -0.25) is 0 Å². The molecule has 0 aliphatic carbocycles. The van der Waals surface area contributed by atoms with E-state index in [2.05, 4.69) is 21.8 Å². The van der Waals surface area contributed by atoms with Gasteiger partial charge in [0.25, 0.3) is 0 Å². The van der Waals surface area contributed by atoms with Crippen molar-refractivity contribution in [3.63, 3.8) is 0 Å². The van der Waals surface area contributed by atoms with Crippen molar-refractivity contribution in [3.8, 4) is 23.3 Å². The number of hydrogen-bond acceptors (Lipinski definition) is 6. The molecule has 3 rings (SSSR count). The molecule has 0 radical (unpaired) electrons. The molecule has 0 saturated heterocycles. The first-order valence-corrected chi connectivity index (χ1v) is 7.34. The standard InChI is InChI=1S/C16H13N3O2S/c1-20-8-2-3-11-9-13(6-7-18-11)21-12-4-5-14-15(10-12)22-16(17)19-14/h4-7,9-10H,8H2,1H3,(H2,17,19). The number of anilines is 1. The third-order valence-corrected chi connectivity index (χ3v) is 3.62. The lowest BCUT2D eigenvalue weighted by Crippen LogP contribution is -1.88. The minimum absolute atomic E-state index is 0.371. The minimum atomic E-state index is 0.371. The smallest absolute Gasteiger partial charge is 0.181 e. The zero-order chi connectivity index (χ0) is 15.4. The van der Waals surface area contributed by atoms with Crippen LogP contribution in [0.1, 0.15) is 5.69 Å². The summed E-state index contributed by atoms with van der Waals surface area (Å²) in [4.78, 5) is 8.39. The summed E-state index contributed by atoms with van der Waals surface area (Å²) >= 11 is 1.43. The maximum atomic E-state index is 5.84. The van der Waals surface area contributed by atoms with E-state index in [0.717, 1.165) is 16.0 Å². The predicted octanol–water partition coefficient (Wildman–Crippen LogP) is 3.06. The van der Waals surface area contributed by atoms with E-state index >= 15 is 0 Å². The number of nitrogens with two attached hydrogens (primary N) is 1. The van der Waals surface area contributed by atoms with Crippen molar-refractivity contribution in [2.24, 2.45) is 0 Å². The summed E-state index contributed by atoms with van der Waals surface area (Å²) < 4.78 is 11.7. The molecule has 0 aliphatic heterocycles. The second kappa shape index (κ2) is 6.43. The number of nitrogens with zero attached hydrogens (tertiary/aromatic N) is 2. The van der Waals surface area contributed by atoms with Crippen molar-refractivity contribution >= 4 is 26.7 Å². The fourth-order valence-electron chi connectivity index (χ4n) is 1.86. The molecule has 2 N–H and O–H groups in total. The molecule has 0 aliphatic rings. The monoisotopic (exact) mass is 311 g/mol. The lowest BCUT2D eigenvalue weighted by Gasteiger charge is -2.05. The minimum Gasteiger partial charge on any atom is -0.457 e. The van der Waals surface area contributed by atoms with E-state index in [9.17, 15) is 0 Å². The molecule has 0 atom stereocenters. The van der Waals surface area contributed by atoms with Gasteiger partial charge in [0.05, 0.1) is 10.2 Å². The van der Waals surface area contributed by atoms with E-state index in [-0.39, 0.29) is 0 Å². The van der Waals surface area contributed by atoms with E-state index in [0.29, 0.717) is 23.2 Å². The first-order valence-electron chi connectivity index (χ1n) is 6.52. The van der Waals surface area contributed by atoms with Crippen molar-refractivity contribution in [2.75, 3.05) is 19.5 Å². The van der Waals surface area contributed by atoms with Gasteiger partial charge in [-0.2, -0.15) is 0 Å². The normalized spacial score (nSPS) is 10.2. The van der Waals surface area contributed by atoms with Crippen LogP contribution in [0.25, 0.3) is 10.2 Å². The molecule has 0 saturated carbocycles. The van der Waals surface area contributed by atoms with Gasteiger partial charge in [-0.05, 0) is 24.1 Å². The van der Waals surface area contributed by atoms with E-state index in [1.54, 1.807) is 25.4 Å². The molecule has 2 aromatic heterocycles. The third-order valence-electron chi connectivity index (χ3n) is 2.78. The Morgan fingerprint density at radius 1 is 1.23 bits per heavy atom. The summed E-state index contributed by atoms with van der Waals surface area (Å²) in [5.41, 5.74) is 7.21. The summed E-state index contributed by atoms with van der Waals surface area (Å²) in [6.07, 6.45) is 1.66. The molecule has 3 aromatic rings. The average Bonchev–Trinajstić information content (AvgIpc) is 2.87. The highest BCUT2D eigenvalue weighted by Gasteiger charge is 2.04. The van der Waals surface area contributed by atoms with Gasteiger partial charge >= 0.3 is 0 Å². The molecule has 0 bridgehead atoms. The van der Waals surface area contributed by atoms with E-state index in [1.165, 1.54) is 11.3 Å². The summed E-state index contributed by atoms with van der Waals surface area (Å²) in [5.74, 6) is 7.17. The lowest BCUT2D eigenvalue weighted by atomic mass is 10.3. The van der Waals surface area contributed by atoms with Gasteiger partial charge in [0.15, 0.2) is 5.13 Å². The van der Waals surface area contributed by atoms with Gasteiger partial charge in [0.2, 0.25) is 0 Å². The van der Waals surface area contributed by atoms with Crippen LogP contribution < -0.4 is 10.5 Å².